The van der Waals surface area contributed by atoms with Gasteiger partial charge < -0.3 is 15.5 Å². The quantitative estimate of drug-likeness (QED) is 0.759. The Bertz CT molecular complexity index is 490. The van der Waals surface area contributed by atoms with E-state index < -0.39 is 11.0 Å². The van der Waals surface area contributed by atoms with E-state index in [1.807, 2.05) is 31.2 Å². The molecule has 1 saturated carbocycles. The van der Waals surface area contributed by atoms with Gasteiger partial charge in [-0.05, 0) is 32.3 Å². The van der Waals surface area contributed by atoms with Gasteiger partial charge in [-0.15, -0.1) is 0 Å². The molecule has 0 atom stereocenters. The van der Waals surface area contributed by atoms with E-state index in [-0.39, 0.29) is 19.1 Å². The van der Waals surface area contributed by atoms with Gasteiger partial charge >= 0.3 is 0 Å². The van der Waals surface area contributed by atoms with Crippen molar-refractivity contribution in [1.82, 2.24) is 5.32 Å². The van der Waals surface area contributed by atoms with Gasteiger partial charge in [0, 0.05) is 0 Å². The molecule has 2 rings (SSSR count). The summed E-state index contributed by atoms with van der Waals surface area (Å²) in [4.78, 5) is 12.7. The number of aliphatic hydroxyl groups is 2. The second-order valence-corrected chi connectivity index (χ2v) is 6.14. The molecule has 4 nitrogen and oxygen atoms in total. The third-order valence-electron chi connectivity index (χ3n) is 4.33. The molecular weight excluding hydrogens is 254 g/mol. The average molecular weight is 277 g/mol. The Labute approximate surface area is 119 Å². The second-order valence-electron chi connectivity index (χ2n) is 6.14. The number of benzene rings is 1. The fourth-order valence-corrected chi connectivity index (χ4v) is 2.64. The normalized spacial score (nSPS) is 17.4. The zero-order valence-corrected chi connectivity index (χ0v) is 12.1. The zero-order chi connectivity index (χ0) is 14.8. The average Bonchev–Trinajstić information content (AvgIpc) is 2.37. The fourth-order valence-electron chi connectivity index (χ4n) is 2.64. The molecule has 1 aliphatic carbocycles. The Morgan fingerprint density at radius 2 is 2.00 bits per heavy atom. The summed E-state index contributed by atoms with van der Waals surface area (Å²) >= 11 is 0. The first-order valence-electron chi connectivity index (χ1n) is 7.07. The van der Waals surface area contributed by atoms with Crippen molar-refractivity contribution in [1.29, 1.82) is 0 Å². The molecule has 1 aliphatic rings. The topological polar surface area (TPSA) is 69.6 Å². The number of aryl methyl sites for hydroxylation is 1. The molecule has 0 spiro atoms. The van der Waals surface area contributed by atoms with Crippen LogP contribution in [0.2, 0.25) is 0 Å². The van der Waals surface area contributed by atoms with Gasteiger partial charge in [-0.1, -0.05) is 36.2 Å². The number of aliphatic hydroxyl groups excluding tert-OH is 2. The number of carbonyl (C=O) groups excluding carboxylic acids is 1. The van der Waals surface area contributed by atoms with Gasteiger partial charge in [0.15, 0.2) is 0 Å². The van der Waals surface area contributed by atoms with Crippen molar-refractivity contribution in [2.45, 2.75) is 44.1 Å². The highest BCUT2D eigenvalue weighted by molar-refractivity contribution is 5.89. The van der Waals surface area contributed by atoms with Crippen LogP contribution in [0.1, 0.15) is 37.3 Å². The molecule has 3 N–H and O–H groups in total. The van der Waals surface area contributed by atoms with E-state index in [0.29, 0.717) is 0 Å². The van der Waals surface area contributed by atoms with Crippen molar-refractivity contribution in [3.63, 3.8) is 0 Å². The van der Waals surface area contributed by atoms with Gasteiger partial charge in [0.05, 0.1) is 24.2 Å². The maximum absolute atomic E-state index is 12.7. The van der Waals surface area contributed by atoms with E-state index in [9.17, 15) is 15.0 Å². The summed E-state index contributed by atoms with van der Waals surface area (Å²) in [6.45, 7) is 3.10. The Morgan fingerprint density at radius 1 is 1.35 bits per heavy atom. The van der Waals surface area contributed by atoms with Crippen LogP contribution in [-0.4, -0.2) is 34.9 Å². The number of hydrogen-bond donors (Lipinski definition) is 3. The summed E-state index contributed by atoms with van der Waals surface area (Å²) in [5.74, 6) is -0.0973. The number of nitrogens with one attached hydrogen (secondary N) is 1. The van der Waals surface area contributed by atoms with Crippen LogP contribution in [0.3, 0.4) is 0 Å². The second kappa shape index (κ2) is 5.54. The molecule has 0 aliphatic heterocycles. The van der Waals surface area contributed by atoms with Crippen LogP contribution in [0.25, 0.3) is 0 Å². The van der Waals surface area contributed by atoms with Crippen LogP contribution < -0.4 is 5.32 Å². The molecule has 4 heteroatoms. The summed E-state index contributed by atoms with van der Waals surface area (Å²) < 4.78 is 0. The lowest BCUT2D eigenvalue weighted by molar-refractivity contribution is -0.133. The summed E-state index contributed by atoms with van der Waals surface area (Å²) in [7, 11) is 0. The summed E-state index contributed by atoms with van der Waals surface area (Å²) in [6, 6.07) is 8.02. The van der Waals surface area contributed by atoms with Gasteiger partial charge in [0.2, 0.25) is 5.91 Å². The molecule has 20 heavy (non-hydrogen) atoms. The molecular formula is C16H23NO3. The van der Waals surface area contributed by atoms with E-state index in [0.717, 1.165) is 30.4 Å². The predicted octanol–water partition coefficient (Wildman–Crippen LogP) is 1.28. The van der Waals surface area contributed by atoms with Crippen LogP contribution in [0.15, 0.2) is 24.3 Å². The fraction of sp³-hybridized carbons (Fsp3) is 0.562. The maximum Gasteiger partial charge on any atom is 0.231 e. The highest BCUT2D eigenvalue weighted by Gasteiger charge is 2.47. The van der Waals surface area contributed by atoms with Gasteiger partial charge in [0.25, 0.3) is 0 Å². The van der Waals surface area contributed by atoms with E-state index in [1.165, 1.54) is 0 Å². The van der Waals surface area contributed by atoms with Crippen LogP contribution >= 0.6 is 0 Å². The minimum Gasteiger partial charge on any atom is -0.394 e. The standard InChI is InChI=1S/C16H23NO3/c1-12-5-3-6-13(9-12)16(7-4-8-16)14(20)17-15(2,10-18)11-19/h3,5-6,9,18-19H,4,7-8,10-11H2,1-2H3,(H,17,20). The number of rotatable bonds is 5. The van der Waals surface area contributed by atoms with Crippen molar-refractivity contribution in [2.75, 3.05) is 13.2 Å². The summed E-state index contributed by atoms with van der Waals surface area (Å²) in [5.41, 5.74) is 0.689. The van der Waals surface area contributed by atoms with E-state index in [1.54, 1.807) is 6.92 Å². The van der Waals surface area contributed by atoms with Crippen LogP contribution in [0.5, 0.6) is 0 Å². The summed E-state index contributed by atoms with van der Waals surface area (Å²) in [6.07, 6.45) is 2.65. The molecule has 1 aromatic carbocycles. The first-order chi connectivity index (χ1) is 9.46. The van der Waals surface area contributed by atoms with E-state index in [4.69, 9.17) is 0 Å². The third kappa shape index (κ3) is 2.58. The van der Waals surface area contributed by atoms with Crippen molar-refractivity contribution in [2.24, 2.45) is 0 Å². The first kappa shape index (κ1) is 15.0. The number of amides is 1. The Balaban J connectivity index is 2.25. The Kier molecular flexibility index (Phi) is 4.16. The molecule has 0 aromatic heterocycles. The SMILES string of the molecule is Cc1cccc(C2(C(=O)NC(C)(CO)CO)CCC2)c1. The van der Waals surface area contributed by atoms with Crippen LogP contribution in [0, 0.1) is 6.92 Å². The largest absolute Gasteiger partial charge is 0.394 e. The number of carbonyl (C=O) groups is 1. The first-order valence-corrected chi connectivity index (χ1v) is 7.07. The lowest BCUT2D eigenvalue weighted by atomic mass is 9.63. The molecule has 1 amide bonds. The van der Waals surface area contributed by atoms with Crippen molar-refractivity contribution in [3.05, 3.63) is 35.4 Å². The lowest BCUT2D eigenvalue weighted by Crippen LogP contribution is -2.59. The molecule has 1 aromatic rings. The highest BCUT2D eigenvalue weighted by Crippen LogP contribution is 2.44. The molecule has 1 fully saturated rings. The van der Waals surface area contributed by atoms with E-state index in [2.05, 4.69) is 5.32 Å². The minimum absolute atomic E-state index is 0.0973. The van der Waals surface area contributed by atoms with Crippen LogP contribution in [0.4, 0.5) is 0 Å². The van der Waals surface area contributed by atoms with Gasteiger partial charge in [-0.25, -0.2) is 0 Å². The Morgan fingerprint density at radius 3 is 2.45 bits per heavy atom. The van der Waals surface area contributed by atoms with Gasteiger partial charge in [0.1, 0.15) is 0 Å². The minimum atomic E-state index is -0.969. The van der Waals surface area contributed by atoms with Crippen molar-refractivity contribution >= 4 is 5.91 Å². The van der Waals surface area contributed by atoms with E-state index >= 15 is 0 Å². The van der Waals surface area contributed by atoms with Crippen LogP contribution in [-0.2, 0) is 10.2 Å². The molecule has 0 heterocycles. The van der Waals surface area contributed by atoms with Crippen molar-refractivity contribution in [3.8, 4) is 0 Å². The highest BCUT2D eigenvalue weighted by atomic mass is 16.3. The molecule has 0 bridgehead atoms. The summed E-state index contributed by atoms with van der Waals surface area (Å²) in [5, 5.41) is 21.5. The lowest BCUT2D eigenvalue weighted by Gasteiger charge is -2.43. The monoisotopic (exact) mass is 277 g/mol. The molecule has 0 saturated heterocycles. The Hall–Kier alpha value is -1.39. The smallest absolute Gasteiger partial charge is 0.231 e. The predicted molar refractivity (Wildman–Crippen MR) is 77.4 cm³/mol. The number of hydrogen-bond acceptors (Lipinski definition) is 3. The molecule has 110 valence electrons. The molecule has 0 unspecified atom stereocenters. The maximum atomic E-state index is 12.7. The third-order valence-corrected chi connectivity index (χ3v) is 4.33. The van der Waals surface area contributed by atoms with Gasteiger partial charge in [-0.3, -0.25) is 4.79 Å². The van der Waals surface area contributed by atoms with Gasteiger partial charge in [-0.2, -0.15) is 0 Å². The zero-order valence-electron chi connectivity index (χ0n) is 12.1. The molecule has 0 radical (unpaired) electrons. The van der Waals surface area contributed by atoms with Crippen molar-refractivity contribution < 1.29 is 15.0 Å².